The zero-order valence-electron chi connectivity index (χ0n) is 11.2. The summed E-state index contributed by atoms with van der Waals surface area (Å²) in [5.41, 5.74) is 9.59. The molecule has 1 aliphatic rings. The lowest BCUT2D eigenvalue weighted by atomic mass is 10.0. The van der Waals surface area contributed by atoms with Gasteiger partial charge in [0.2, 0.25) is 0 Å². The van der Waals surface area contributed by atoms with Crippen LogP contribution in [0.1, 0.15) is 37.8 Å². The Morgan fingerprint density at radius 1 is 1.41 bits per heavy atom. The number of nitrogens with two attached hydrogens (primary N) is 1. The van der Waals surface area contributed by atoms with Crippen LogP contribution in [0, 0.1) is 12.8 Å². The van der Waals surface area contributed by atoms with Gasteiger partial charge in [0.1, 0.15) is 0 Å². The highest BCUT2D eigenvalue weighted by molar-refractivity contribution is 5.48. The highest BCUT2D eigenvalue weighted by atomic mass is 15.2. The standard InChI is InChI=1S/C15H24N2/c1-11(2)15-5-4-8-17(15)10-13-9-12(3)6-7-14(13)16/h6-7,9,11,15H,4-5,8,10,16H2,1-3H3. The van der Waals surface area contributed by atoms with Crippen LogP contribution in [0.25, 0.3) is 0 Å². The minimum Gasteiger partial charge on any atom is -0.398 e. The lowest BCUT2D eigenvalue weighted by Crippen LogP contribution is -2.33. The van der Waals surface area contributed by atoms with Crippen LogP contribution in [0.4, 0.5) is 5.69 Å². The molecule has 1 aromatic carbocycles. The summed E-state index contributed by atoms with van der Waals surface area (Å²) in [6, 6.07) is 7.08. The van der Waals surface area contributed by atoms with Crippen LogP contribution in [-0.2, 0) is 6.54 Å². The SMILES string of the molecule is Cc1ccc(N)c(CN2CCCC2C(C)C)c1. The van der Waals surface area contributed by atoms with Crippen molar-refractivity contribution in [1.29, 1.82) is 0 Å². The molecule has 1 atom stereocenters. The predicted octanol–water partition coefficient (Wildman–Crippen LogP) is 3.20. The molecule has 1 heterocycles. The second-order valence-electron chi connectivity index (χ2n) is 5.63. The maximum atomic E-state index is 6.06. The molecular weight excluding hydrogens is 208 g/mol. The van der Waals surface area contributed by atoms with Gasteiger partial charge in [-0.15, -0.1) is 0 Å². The van der Waals surface area contributed by atoms with Gasteiger partial charge >= 0.3 is 0 Å². The number of aryl methyl sites for hydroxylation is 1. The fourth-order valence-corrected chi connectivity index (χ4v) is 2.89. The fourth-order valence-electron chi connectivity index (χ4n) is 2.89. The molecule has 2 nitrogen and oxygen atoms in total. The Kier molecular flexibility index (Phi) is 3.72. The van der Waals surface area contributed by atoms with Gasteiger partial charge in [-0.1, -0.05) is 31.5 Å². The fraction of sp³-hybridized carbons (Fsp3) is 0.600. The third-order valence-corrected chi connectivity index (χ3v) is 3.86. The monoisotopic (exact) mass is 232 g/mol. The number of nitrogen functional groups attached to an aromatic ring is 1. The molecule has 0 aromatic heterocycles. The van der Waals surface area contributed by atoms with Crippen LogP contribution < -0.4 is 5.73 Å². The molecule has 1 aliphatic heterocycles. The zero-order chi connectivity index (χ0) is 12.4. The van der Waals surface area contributed by atoms with Crippen LogP contribution in [0.2, 0.25) is 0 Å². The number of benzene rings is 1. The van der Waals surface area contributed by atoms with Gasteiger partial charge in [-0.2, -0.15) is 0 Å². The zero-order valence-corrected chi connectivity index (χ0v) is 11.2. The van der Waals surface area contributed by atoms with E-state index in [1.807, 2.05) is 6.07 Å². The van der Waals surface area contributed by atoms with Crippen molar-refractivity contribution < 1.29 is 0 Å². The molecule has 0 saturated carbocycles. The Labute approximate surface area is 105 Å². The van der Waals surface area contributed by atoms with E-state index in [4.69, 9.17) is 5.73 Å². The van der Waals surface area contributed by atoms with Crippen LogP contribution in [-0.4, -0.2) is 17.5 Å². The van der Waals surface area contributed by atoms with E-state index in [-0.39, 0.29) is 0 Å². The van der Waals surface area contributed by atoms with Gasteiger partial charge in [0, 0.05) is 18.3 Å². The summed E-state index contributed by atoms with van der Waals surface area (Å²) in [7, 11) is 0. The van der Waals surface area contributed by atoms with Gasteiger partial charge in [0.25, 0.3) is 0 Å². The summed E-state index contributed by atoms with van der Waals surface area (Å²) in [6.07, 6.45) is 2.66. The van der Waals surface area contributed by atoms with Crippen LogP contribution >= 0.6 is 0 Å². The molecule has 2 heteroatoms. The molecular formula is C15H24N2. The first kappa shape index (κ1) is 12.4. The van der Waals surface area contributed by atoms with Crippen molar-refractivity contribution in [2.75, 3.05) is 12.3 Å². The van der Waals surface area contributed by atoms with E-state index in [2.05, 4.69) is 37.8 Å². The Morgan fingerprint density at radius 2 is 2.18 bits per heavy atom. The molecule has 0 spiro atoms. The number of hydrogen-bond donors (Lipinski definition) is 1. The maximum absolute atomic E-state index is 6.06. The van der Waals surface area contributed by atoms with E-state index < -0.39 is 0 Å². The third kappa shape index (κ3) is 2.81. The van der Waals surface area contributed by atoms with Crippen LogP contribution in [0.15, 0.2) is 18.2 Å². The number of hydrogen-bond acceptors (Lipinski definition) is 2. The highest BCUT2D eigenvalue weighted by Crippen LogP contribution is 2.27. The summed E-state index contributed by atoms with van der Waals surface area (Å²) in [4.78, 5) is 2.59. The smallest absolute Gasteiger partial charge is 0.0359 e. The van der Waals surface area contributed by atoms with E-state index in [1.54, 1.807) is 0 Å². The Hall–Kier alpha value is -1.02. The van der Waals surface area contributed by atoms with Crippen molar-refractivity contribution in [1.82, 2.24) is 4.90 Å². The molecule has 0 bridgehead atoms. The average molecular weight is 232 g/mol. The largest absolute Gasteiger partial charge is 0.398 e. The van der Waals surface area contributed by atoms with Gasteiger partial charge in [0.05, 0.1) is 0 Å². The molecule has 2 rings (SSSR count). The second-order valence-corrected chi connectivity index (χ2v) is 5.63. The molecule has 94 valence electrons. The molecule has 0 aliphatic carbocycles. The first-order valence-electron chi connectivity index (χ1n) is 6.67. The van der Waals surface area contributed by atoms with Gasteiger partial charge in [0.15, 0.2) is 0 Å². The van der Waals surface area contributed by atoms with Gasteiger partial charge in [-0.05, 0) is 43.9 Å². The van der Waals surface area contributed by atoms with Crippen LogP contribution in [0.3, 0.4) is 0 Å². The summed E-state index contributed by atoms with van der Waals surface area (Å²) >= 11 is 0. The first-order chi connectivity index (χ1) is 8.08. The molecule has 2 N–H and O–H groups in total. The van der Waals surface area contributed by atoms with Gasteiger partial charge < -0.3 is 5.73 Å². The van der Waals surface area contributed by atoms with Crippen molar-refractivity contribution >= 4 is 5.69 Å². The highest BCUT2D eigenvalue weighted by Gasteiger charge is 2.27. The number of anilines is 1. The number of rotatable bonds is 3. The Morgan fingerprint density at radius 3 is 2.88 bits per heavy atom. The normalized spacial score (nSPS) is 21.3. The predicted molar refractivity (Wildman–Crippen MR) is 73.9 cm³/mol. The average Bonchev–Trinajstić information content (AvgIpc) is 2.71. The second kappa shape index (κ2) is 5.09. The summed E-state index contributed by atoms with van der Waals surface area (Å²) in [5.74, 6) is 0.739. The minimum atomic E-state index is 0.731. The summed E-state index contributed by atoms with van der Waals surface area (Å²) in [6.45, 7) is 9.00. The summed E-state index contributed by atoms with van der Waals surface area (Å²) in [5, 5.41) is 0. The Bertz CT molecular complexity index is 385. The van der Waals surface area contributed by atoms with Gasteiger partial charge in [-0.25, -0.2) is 0 Å². The van der Waals surface area contributed by atoms with Crippen LogP contribution in [0.5, 0.6) is 0 Å². The van der Waals surface area contributed by atoms with Crippen molar-refractivity contribution in [3.8, 4) is 0 Å². The van der Waals surface area contributed by atoms with Crippen molar-refractivity contribution in [2.24, 2.45) is 5.92 Å². The summed E-state index contributed by atoms with van der Waals surface area (Å²) < 4.78 is 0. The molecule has 1 fully saturated rings. The lowest BCUT2D eigenvalue weighted by Gasteiger charge is -2.28. The third-order valence-electron chi connectivity index (χ3n) is 3.86. The molecule has 0 amide bonds. The van der Waals surface area contributed by atoms with E-state index in [1.165, 1.54) is 30.5 Å². The molecule has 17 heavy (non-hydrogen) atoms. The number of nitrogens with zero attached hydrogens (tertiary/aromatic N) is 1. The molecule has 1 aromatic rings. The van der Waals surface area contributed by atoms with E-state index in [9.17, 15) is 0 Å². The minimum absolute atomic E-state index is 0.731. The molecule has 0 radical (unpaired) electrons. The van der Waals surface area contributed by atoms with E-state index in [0.29, 0.717) is 0 Å². The molecule has 1 saturated heterocycles. The molecule has 1 unspecified atom stereocenters. The quantitative estimate of drug-likeness (QED) is 0.811. The van der Waals surface area contributed by atoms with Crippen molar-refractivity contribution in [3.05, 3.63) is 29.3 Å². The first-order valence-corrected chi connectivity index (χ1v) is 6.67. The lowest BCUT2D eigenvalue weighted by molar-refractivity contribution is 0.199. The Balaban J connectivity index is 2.12. The van der Waals surface area contributed by atoms with E-state index in [0.717, 1.165) is 24.2 Å². The van der Waals surface area contributed by atoms with Crippen molar-refractivity contribution in [3.63, 3.8) is 0 Å². The van der Waals surface area contributed by atoms with Crippen molar-refractivity contribution in [2.45, 2.75) is 46.2 Å². The maximum Gasteiger partial charge on any atom is 0.0359 e. The van der Waals surface area contributed by atoms with Gasteiger partial charge in [-0.3, -0.25) is 4.90 Å². The topological polar surface area (TPSA) is 29.3 Å². The number of likely N-dealkylation sites (tertiary alicyclic amines) is 1. The van der Waals surface area contributed by atoms with E-state index >= 15 is 0 Å².